The Labute approximate surface area is 58.6 Å². The minimum Gasteiger partial charge on any atom is -0.330 e. The molecule has 52 valence electrons. The van der Waals surface area contributed by atoms with Gasteiger partial charge in [0.05, 0.1) is 0 Å². The summed E-state index contributed by atoms with van der Waals surface area (Å²) in [6, 6.07) is -0.259. The monoisotopic (exact) mass is 146 g/mol. The van der Waals surface area contributed by atoms with E-state index in [-0.39, 0.29) is 17.3 Å². The lowest BCUT2D eigenvalue weighted by Crippen LogP contribution is -2.65. The van der Waals surface area contributed by atoms with E-state index in [2.05, 4.69) is 0 Å². The Bertz CT molecular complexity index is 127. The molecule has 4 heteroatoms. The van der Waals surface area contributed by atoms with Crippen LogP contribution in [0.3, 0.4) is 0 Å². The normalized spacial score (nSPS) is 34.6. The molecule has 1 heterocycles. The van der Waals surface area contributed by atoms with Crippen LogP contribution in [0, 0.1) is 0 Å². The number of β-lactam (4-membered cyclic amide) rings is 1. The third-order valence-corrected chi connectivity index (χ3v) is 2.66. The number of amides is 1. The third kappa shape index (κ3) is 0.822. The number of thioether (sulfide) groups is 1. The van der Waals surface area contributed by atoms with Crippen molar-refractivity contribution in [2.75, 3.05) is 13.3 Å². The average molecular weight is 146 g/mol. The van der Waals surface area contributed by atoms with Crippen LogP contribution in [0.1, 0.15) is 0 Å². The van der Waals surface area contributed by atoms with E-state index in [1.54, 1.807) is 23.7 Å². The van der Waals surface area contributed by atoms with Gasteiger partial charge in [-0.3, -0.25) is 4.79 Å². The molecule has 2 atom stereocenters. The fourth-order valence-corrected chi connectivity index (χ4v) is 1.78. The number of carbonyl (C=O) groups is 1. The topological polar surface area (TPSA) is 46.3 Å². The number of likely N-dealkylation sites (tertiary alicyclic amines) is 1. The van der Waals surface area contributed by atoms with Crippen molar-refractivity contribution >= 4 is 17.7 Å². The molecule has 1 aliphatic rings. The molecule has 0 saturated carbocycles. The molecule has 0 aromatic heterocycles. The Balaban J connectivity index is 2.51. The summed E-state index contributed by atoms with van der Waals surface area (Å²) in [6.45, 7) is 0. The smallest absolute Gasteiger partial charge is 0.243 e. The maximum absolute atomic E-state index is 10.7. The summed E-state index contributed by atoms with van der Waals surface area (Å²) < 4.78 is 0. The van der Waals surface area contributed by atoms with Gasteiger partial charge in [0.15, 0.2) is 0 Å². The van der Waals surface area contributed by atoms with E-state index in [0.717, 1.165) is 0 Å². The van der Waals surface area contributed by atoms with Gasteiger partial charge in [0, 0.05) is 7.05 Å². The van der Waals surface area contributed by atoms with Crippen molar-refractivity contribution in [3.8, 4) is 0 Å². The number of likely N-dealkylation sites (N-methyl/N-ethyl adjacent to an activating group) is 1. The van der Waals surface area contributed by atoms with Crippen molar-refractivity contribution in [2.24, 2.45) is 5.73 Å². The SMILES string of the molecule is CSC1C(N)C(=O)N1C. The predicted molar refractivity (Wildman–Crippen MR) is 38.0 cm³/mol. The average Bonchev–Trinajstić information content (AvgIpc) is 1.89. The standard InChI is InChI=1S/C5H10N2OS/c1-7-4(8)3(6)5(7)9-2/h3,5H,6H2,1-2H3. The summed E-state index contributed by atoms with van der Waals surface area (Å²) in [7, 11) is 1.77. The Morgan fingerprint density at radius 3 is 2.56 bits per heavy atom. The van der Waals surface area contributed by atoms with Crippen molar-refractivity contribution in [3.63, 3.8) is 0 Å². The van der Waals surface area contributed by atoms with E-state index in [9.17, 15) is 4.79 Å². The highest BCUT2D eigenvalue weighted by Gasteiger charge is 2.41. The Morgan fingerprint density at radius 2 is 2.33 bits per heavy atom. The maximum atomic E-state index is 10.7. The van der Waals surface area contributed by atoms with E-state index in [0.29, 0.717) is 0 Å². The van der Waals surface area contributed by atoms with Crippen molar-refractivity contribution in [3.05, 3.63) is 0 Å². The third-order valence-electron chi connectivity index (χ3n) is 1.56. The molecular weight excluding hydrogens is 136 g/mol. The number of rotatable bonds is 1. The Hall–Kier alpha value is -0.220. The molecule has 0 aliphatic carbocycles. The summed E-state index contributed by atoms with van der Waals surface area (Å²) in [5.41, 5.74) is 5.46. The van der Waals surface area contributed by atoms with Crippen LogP contribution < -0.4 is 5.73 Å². The van der Waals surface area contributed by atoms with Gasteiger partial charge in [-0.05, 0) is 6.26 Å². The van der Waals surface area contributed by atoms with Crippen LogP contribution >= 0.6 is 11.8 Å². The lowest BCUT2D eigenvalue weighted by Gasteiger charge is -2.41. The first-order valence-corrected chi connectivity index (χ1v) is 4.02. The second-order valence-electron chi connectivity index (χ2n) is 2.10. The highest BCUT2D eigenvalue weighted by Crippen LogP contribution is 2.23. The van der Waals surface area contributed by atoms with Gasteiger partial charge in [0.1, 0.15) is 11.4 Å². The fourth-order valence-electron chi connectivity index (χ4n) is 0.946. The van der Waals surface area contributed by atoms with E-state index in [1.165, 1.54) is 0 Å². The van der Waals surface area contributed by atoms with Crippen molar-refractivity contribution in [1.29, 1.82) is 0 Å². The second-order valence-corrected chi connectivity index (χ2v) is 3.06. The molecule has 0 spiro atoms. The summed E-state index contributed by atoms with van der Waals surface area (Å²) in [5.74, 6) is 0.0503. The van der Waals surface area contributed by atoms with Crippen molar-refractivity contribution < 1.29 is 4.79 Å². The molecular formula is C5H10N2OS. The molecule has 0 aromatic rings. The van der Waals surface area contributed by atoms with Gasteiger partial charge in [-0.1, -0.05) is 0 Å². The first-order chi connectivity index (χ1) is 4.18. The Morgan fingerprint density at radius 1 is 1.78 bits per heavy atom. The van der Waals surface area contributed by atoms with Crippen LogP contribution in [-0.4, -0.2) is 35.5 Å². The predicted octanol–water partition coefficient (Wildman–Crippen LogP) is -0.525. The zero-order valence-corrected chi connectivity index (χ0v) is 6.31. The number of nitrogens with two attached hydrogens (primary N) is 1. The molecule has 1 fully saturated rings. The molecule has 0 aromatic carbocycles. The van der Waals surface area contributed by atoms with E-state index >= 15 is 0 Å². The van der Waals surface area contributed by atoms with Gasteiger partial charge in [0.25, 0.3) is 0 Å². The zero-order chi connectivity index (χ0) is 7.02. The number of carbonyl (C=O) groups excluding carboxylic acids is 1. The molecule has 1 aliphatic heterocycles. The van der Waals surface area contributed by atoms with Crippen LogP contribution in [0.25, 0.3) is 0 Å². The highest BCUT2D eigenvalue weighted by atomic mass is 32.2. The Kier molecular flexibility index (Phi) is 1.68. The molecule has 0 radical (unpaired) electrons. The van der Waals surface area contributed by atoms with E-state index in [1.807, 2.05) is 6.26 Å². The number of nitrogens with zero attached hydrogens (tertiary/aromatic N) is 1. The summed E-state index contributed by atoms with van der Waals surface area (Å²) in [6.07, 6.45) is 1.95. The highest BCUT2D eigenvalue weighted by molar-refractivity contribution is 7.99. The van der Waals surface area contributed by atoms with Gasteiger partial charge in [0.2, 0.25) is 5.91 Å². The molecule has 2 unspecified atom stereocenters. The van der Waals surface area contributed by atoms with Crippen molar-refractivity contribution in [1.82, 2.24) is 4.90 Å². The lowest BCUT2D eigenvalue weighted by molar-refractivity contribution is -0.141. The molecule has 1 rings (SSSR count). The summed E-state index contributed by atoms with van der Waals surface area (Å²) in [4.78, 5) is 12.4. The minimum atomic E-state index is -0.259. The van der Waals surface area contributed by atoms with Crippen molar-refractivity contribution in [2.45, 2.75) is 11.4 Å². The van der Waals surface area contributed by atoms with Gasteiger partial charge >= 0.3 is 0 Å². The van der Waals surface area contributed by atoms with Crippen LogP contribution in [0.2, 0.25) is 0 Å². The molecule has 0 bridgehead atoms. The van der Waals surface area contributed by atoms with Gasteiger partial charge in [-0.15, -0.1) is 11.8 Å². The zero-order valence-electron chi connectivity index (χ0n) is 5.50. The minimum absolute atomic E-state index is 0.0503. The van der Waals surface area contributed by atoms with Crippen LogP contribution in [-0.2, 0) is 4.79 Å². The van der Waals surface area contributed by atoms with Crippen LogP contribution in [0.5, 0.6) is 0 Å². The number of hydrogen-bond acceptors (Lipinski definition) is 3. The lowest BCUT2D eigenvalue weighted by atomic mass is 10.1. The molecule has 1 amide bonds. The second kappa shape index (κ2) is 2.19. The maximum Gasteiger partial charge on any atom is 0.243 e. The largest absolute Gasteiger partial charge is 0.330 e. The summed E-state index contributed by atoms with van der Waals surface area (Å²) in [5, 5.41) is 0.206. The van der Waals surface area contributed by atoms with E-state index < -0.39 is 0 Å². The van der Waals surface area contributed by atoms with Gasteiger partial charge in [-0.25, -0.2) is 0 Å². The van der Waals surface area contributed by atoms with Gasteiger partial charge < -0.3 is 10.6 Å². The fraction of sp³-hybridized carbons (Fsp3) is 0.800. The van der Waals surface area contributed by atoms with E-state index in [4.69, 9.17) is 5.73 Å². The van der Waals surface area contributed by atoms with Crippen LogP contribution in [0.15, 0.2) is 0 Å². The summed E-state index contributed by atoms with van der Waals surface area (Å²) >= 11 is 1.61. The number of hydrogen-bond donors (Lipinski definition) is 1. The molecule has 9 heavy (non-hydrogen) atoms. The molecule has 2 N–H and O–H groups in total. The molecule has 3 nitrogen and oxygen atoms in total. The quantitative estimate of drug-likeness (QED) is 0.506. The van der Waals surface area contributed by atoms with Crippen LogP contribution in [0.4, 0.5) is 0 Å². The first-order valence-electron chi connectivity index (χ1n) is 2.73. The molecule has 1 saturated heterocycles. The van der Waals surface area contributed by atoms with Gasteiger partial charge in [-0.2, -0.15) is 0 Å². The first kappa shape index (κ1) is 6.89.